The van der Waals surface area contributed by atoms with E-state index in [-0.39, 0.29) is 31.4 Å². The molecule has 1 aliphatic heterocycles. The third-order valence-corrected chi connectivity index (χ3v) is 2.65. The summed E-state index contributed by atoms with van der Waals surface area (Å²) in [6.45, 7) is -0.334. The number of hydrogen-bond donors (Lipinski definition) is 2. The number of aliphatic carboxylic acids is 1. The fraction of sp³-hybridized carbons (Fsp3) is 0.600. The van der Waals surface area contributed by atoms with Crippen molar-refractivity contribution in [2.24, 2.45) is 5.92 Å². The molecule has 0 bridgehead atoms. The van der Waals surface area contributed by atoms with Crippen LogP contribution in [0.4, 0.5) is 0 Å². The molecule has 0 spiro atoms. The Bertz CT molecular complexity index is 395. The number of ether oxygens (including phenoxy) is 1. The van der Waals surface area contributed by atoms with Crippen LogP contribution in [0.15, 0.2) is 0 Å². The van der Waals surface area contributed by atoms with Crippen molar-refractivity contribution in [3.8, 4) is 0 Å². The molecule has 1 heterocycles. The van der Waals surface area contributed by atoms with Crippen LogP contribution in [0.2, 0.25) is 0 Å². The second kappa shape index (κ2) is 5.48. The average molecular weight is 257 g/mol. The fourth-order valence-corrected chi connectivity index (χ4v) is 1.72. The molecule has 1 rings (SSSR count). The highest BCUT2D eigenvalue weighted by Crippen LogP contribution is 2.19. The zero-order chi connectivity index (χ0) is 13.9. The topological polar surface area (TPSA) is 111 Å². The number of carboxylic acid groups (broad SMARTS) is 1. The van der Waals surface area contributed by atoms with Gasteiger partial charge < -0.3 is 14.7 Å². The van der Waals surface area contributed by atoms with E-state index in [0.29, 0.717) is 0 Å². The zero-order valence-electron chi connectivity index (χ0n) is 10.2. The minimum Gasteiger partial charge on any atom is -0.480 e. The maximum atomic E-state index is 11.6. The van der Waals surface area contributed by atoms with E-state index in [1.54, 1.807) is 0 Å². The smallest absolute Gasteiger partial charge is 0.323 e. The Balaban J connectivity index is 2.67. The molecule has 2 N–H and O–H groups in total. The highest BCUT2D eigenvalue weighted by Gasteiger charge is 2.38. The quantitative estimate of drug-likeness (QED) is 0.379. The third kappa shape index (κ3) is 2.96. The number of amides is 1. The van der Waals surface area contributed by atoms with Crippen molar-refractivity contribution in [3.05, 3.63) is 0 Å². The first kappa shape index (κ1) is 13.9. The van der Waals surface area contributed by atoms with Gasteiger partial charge in [0, 0.05) is 20.0 Å². The molecule has 1 unspecified atom stereocenters. The summed E-state index contributed by atoms with van der Waals surface area (Å²) in [6, 6.07) is 0. The molecule has 100 valence electrons. The Kier molecular flexibility index (Phi) is 4.24. The molecule has 1 aliphatic rings. The minimum absolute atomic E-state index is 0.0179. The summed E-state index contributed by atoms with van der Waals surface area (Å²) >= 11 is 0. The Morgan fingerprint density at radius 1 is 1.61 bits per heavy atom. The maximum absolute atomic E-state index is 11.6. The van der Waals surface area contributed by atoms with Gasteiger partial charge in [-0.05, 0) is 0 Å². The van der Waals surface area contributed by atoms with Gasteiger partial charge in [-0.15, -0.1) is 0 Å². The van der Waals surface area contributed by atoms with E-state index in [1.165, 1.54) is 14.2 Å². The monoisotopic (exact) mass is 257 g/mol. The summed E-state index contributed by atoms with van der Waals surface area (Å²) in [5.74, 6) is -2.81. The number of nitrogens with zero attached hydrogens (tertiary/aromatic N) is 2. The Morgan fingerprint density at radius 2 is 2.22 bits per heavy atom. The van der Waals surface area contributed by atoms with Crippen molar-refractivity contribution in [3.63, 3.8) is 0 Å². The van der Waals surface area contributed by atoms with E-state index < -0.39 is 17.9 Å². The number of guanidine groups is 1. The number of likely N-dealkylation sites (tertiary alicyclic amines) is 1. The van der Waals surface area contributed by atoms with Gasteiger partial charge in [0.05, 0.1) is 13.0 Å². The van der Waals surface area contributed by atoms with Gasteiger partial charge in [-0.25, -0.2) is 0 Å². The molecule has 0 saturated carbocycles. The molecule has 1 saturated heterocycles. The number of carboxylic acids is 1. The van der Waals surface area contributed by atoms with Crippen LogP contribution < -0.4 is 0 Å². The van der Waals surface area contributed by atoms with Crippen LogP contribution in [0.25, 0.3) is 0 Å². The van der Waals surface area contributed by atoms with Crippen LogP contribution in [0.5, 0.6) is 0 Å². The first-order chi connectivity index (χ1) is 8.36. The lowest BCUT2D eigenvalue weighted by Gasteiger charge is -2.24. The van der Waals surface area contributed by atoms with E-state index >= 15 is 0 Å². The Morgan fingerprint density at radius 3 is 2.72 bits per heavy atom. The first-order valence-electron chi connectivity index (χ1n) is 5.26. The molecule has 0 radical (unpaired) electrons. The predicted molar refractivity (Wildman–Crippen MR) is 59.8 cm³/mol. The first-order valence-corrected chi connectivity index (χ1v) is 5.26. The largest absolute Gasteiger partial charge is 0.480 e. The lowest BCUT2D eigenvalue weighted by atomic mass is 10.1. The number of hydrogen-bond acceptors (Lipinski definition) is 5. The lowest BCUT2D eigenvalue weighted by molar-refractivity contribution is -0.145. The van der Waals surface area contributed by atoms with E-state index in [2.05, 4.69) is 4.74 Å². The molecule has 0 aromatic heterocycles. The zero-order valence-corrected chi connectivity index (χ0v) is 10.2. The molecule has 0 aliphatic carbocycles. The minimum atomic E-state index is -1.10. The summed E-state index contributed by atoms with van der Waals surface area (Å²) < 4.78 is 4.54. The van der Waals surface area contributed by atoms with E-state index in [9.17, 15) is 14.4 Å². The van der Waals surface area contributed by atoms with Crippen molar-refractivity contribution < 1.29 is 24.2 Å². The van der Waals surface area contributed by atoms with Crippen LogP contribution in [-0.4, -0.2) is 66.0 Å². The average Bonchev–Trinajstić information content (AvgIpc) is 2.68. The molecule has 1 amide bonds. The second-order valence-electron chi connectivity index (χ2n) is 4.00. The SMILES string of the molecule is COC(=O)C1CC(=O)N(C(=N)N(C)CC(=O)O)C1. The third-order valence-electron chi connectivity index (χ3n) is 2.65. The number of carbonyl (C=O) groups excluding carboxylic acids is 2. The normalized spacial score (nSPS) is 18.7. The number of carbonyl (C=O) groups is 3. The van der Waals surface area contributed by atoms with Gasteiger partial charge in [0.2, 0.25) is 11.9 Å². The standard InChI is InChI=1S/C10H15N3O5/c1-12(5-8(15)16)10(11)13-4-6(3-7(13)14)9(17)18-2/h6,11H,3-5H2,1-2H3,(H,15,16). The summed E-state index contributed by atoms with van der Waals surface area (Å²) in [4.78, 5) is 35.7. The van der Waals surface area contributed by atoms with Gasteiger partial charge >= 0.3 is 11.9 Å². The van der Waals surface area contributed by atoms with Gasteiger partial charge in [-0.2, -0.15) is 0 Å². The maximum Gasteiger partial charge on any atom is 0.323 e. The van der Waals surface area contributed by atoms with Crippen LogP contribution in [0.1, 0.15) is 6.42 Å². The fourth-order valence-electron chi connectivity index (χ4n) is 1.72. The van der Waals surface area contributed by atoms with Crippen molar-refractivity contribution in [1.29, 1.82) is 5.41 Å². The molecule has 1 atom stereocenters. The van der Waals surface area contributed by atoms with Crippen molar-refractivity contribution >= 4 is 23.8 Å². The highest BCUT2D eigenvalue weighted by atomic mass is 16.5. The molecule has 0 aromatic rings. The molecular weight excluding hydrogens is 242 g/mol. The summed E-state index contributed by atoms with van der Waals surface area (Å²) in [6.07, 6.45) is -0.0179. The van der Waals surface area contributed by atoms with Crippen LogP contribution in [-0.2, 0) is 19.1 Å². The van der Waals surface area contributed by atoms with Crippen molar-refractivity contribution in [2.45, 2.75) is 6.42 Å². The lowest BCUT2D eigenvalue weighted by Crippen LogP contribution is -2.44. The van der Waals surface area contributed by atoms with Crippen molar-refractivity contribution in [1.82, 2.24) is 9.80 Å². The molecular formula is C10H15N3O5. The molecule has 18 heavy (non-hydrogen) atoms. The molecule has 8 nitrogen and oxygen atoms in total. The molecule has 1 fully saturated rings. The van der Waals surface area contributed by atoms with Crippen molar-refractivity contribution in [2.75, 3.05) is 27.2 Å². The van der Waals surface area contributed by atoms with E-state index in [1.807, 2.05) is 0 Å². The van der Waals surface area contributed by atoms with Crippen LogP contribution >= 0.6 is 0 Å². The summed E-state index contributed by atoms with van der Waals surface area (Å²) in [5.41, 5.74) is 0. The molecule has 0 aromatic carbocycles. The van der Waals surface area contributed by atoms with Gasteiger partial charge in [-0.1, -0.05) is 0 Å². The predicted octanol–water partition coefficient (Wildman–Crippen LogP) is -1.04. The number of rotatable bonds is 3. The van der Waals surface area contributed by atoms with Crippen LogP contribution in [0.3, 0.4) is 0 Å². The Labute approximate surface area is 104 Å². The number of methoxy groups -OCH3 is 1. The van der Waals surface area contributed by atoms with Gasteiger partial charge in [0.1, 0.15) is 6.54 Å². The second-order valence-corrected chi connectivity index (χ2v) is 4.00. The van der Waals surface area contributed by atoms with Gasteiger partial charge in [-0.3, -0.25) is 24.7 Å². The number of esters is 1. The van der Waals surface area contributed by atoms with E-state index in [4.69, 9.17) is 10.5 Å². The molecule has 8 heteroatoms. The summed E-state index contributed by atoms with van der Waals surface area (Å²) in [5, 5.41) is 16.3. The van der Waals surface area contributed by atoms with Gasteiger partial charge in [0.25, 0.3) is 0 Å². The number of likely N-dealkylation sites (N-methyl/N-ethyl adjacent to an activating group) is 1. The highest BCUT2D eigenvalue weighted by molar-refractivity contribution is 6.00. The van der Waals surface area contributed by atoms with Crippen LogP contribution in [0, 0.1) is 11.3 Å². The van der Waals surface area contributed by atoms with Gasteiger partial charge in [0.15, 0.2) is 0 Å². The Hall–Kier alpha value is -2.12. The summed E-state index contributed by atoms with van der Waals surface area (Å²) in [7, 11) is 2.63. The number of nitrogens with one attached hydrogen (secondary N) is 1. The van der Waals surface area contributed by atoms with E-state index in [0.717, 1.165) is 9.80 Å².